The summed E-state index contributed by atoms with van der Waals surface area (Å²) in [6.45, 7) is 0. The average Bonchev–Trinajstić information content (AvgIpc) is 3.37. The number of imidazole rings is 1. The van der Waals surface area contributed by atoms with E-state index in [4.69, 9.17) is 0 Å². The molecule has 0 saturated carbocycles. The van der Waals surface area contributed by atoms with Crippen molar-refractivity contribution in [3.05, 3.63) is 101 Å². The lowest BCUT2D eigenvalue weighted by atomic mass is 9.68. The molecule has 27 heavy (non-hydrogen) atoms. The van der Waals surface area contributed by atoms with E-state index in [1.807, 2.05) is 24.3 Å². The van der Waals surface area contributed by atoms with Crippen LogP contribution >= 0.6 is 0 Å². The van der Waals surface area contributed by atoms with Gasteiger partial charge in [-0.2, -0.15) is 5.10 Å². The third-order valence-electron chi connectivity index (χ3n) is 5.22. The van der Waals surface area contributed by atoms with Crippen molar-refractivity contribution in [3.63, 3.8) is 0 Å². The summed E-state index contributed by atoms with van der Waals surface area (Å²) in [7, 11) is 0. The minimum atomic E-state index is -0.455. The van der Waals surface area contributed by atoms with E-state index < -0.39 is 5.41 Å². The molecule has 2 heterocycles. The Kier molecular flexibility index (Phi) is 3.53. The lowest BCUT2D eigenvalue weighted by Gasteiger charge is -2.34. The lowest BCUT2D eigenvalue weighted by Crippen LogP contribution is -2.30. The van der Waals surface area contributed by atoms with Crippen molar-refractivity contribution in [2.75, 3.05) is 0 Å². The topological polar surface area (TPSA) is 57.4 Å². The normalized spacial score (nSPS) is 18.4. The molecule has 2 aromatic heterocycles. The minimum Gasteiger partial charge on any atom is -0.343 e. The van der Waals surface area contributed by atoms with Gasteiger partial charge >= 0.3 is 0 Å². The molecule has 2 N–H and O–H groups in total. The first kappa shape index (κ1) is 15.8. The van der Waals surface area contributed by atoms with Crippen LogP contribution in [0.15, 0.2) is 73.1 Å². The summed E-state index contributed by atoms with van der Waals surface area (Å²) >= 11 is 0. The smallest absolute Gasteiger partial charge is 0.158 e. The molecule has 2 aromatic carbocycles. The van der Waals surface area contributed by atoms with Gasteiger partial charge in [0.2, 0.25) is 0 Å². The molecule has 1 aliphatic rings. The molecule has 1 aliphatic carbocycles. The van der Waals surface area contributed by atoms with Crippen LogP contribution in [-0.2, 0) is 11.8 Å². The van der Waals surface area contributed by atoms with Crippen LogP contribution in [0.25, 0.3) is 17.6 Å². The van der Waals surface area contributed by atoms with E-state index in [0.29, 0.717) is 6.42 Å². The van der Waals surface area contributed by atoms with Gasteiger partial charge in [0.15, 0.2) is 5.82 Å². The Hall–Kier alpha value is -3.47. The zero-order chi connectivity index (χ0) is 18.3. The summed E-state index contributed by atoms with van der Waals surface area (Å²) in [4.78, 5) is 7.41. The number of H-pyrrole nitrogens is 2. The molecule has 1 atom stereocenters. The summed E-state index contributed by atoms with van der Waals surface area (Å²) < 4.78 is 14.0. The Balaban J connectivity index is 1.68. The van der Waals surface area contributed by atoms with Crippen molar-refractivity contribution in [2.24, 2.45) is 0 Å². The van der Waals surface area contributed by atoms with E-state index in [2.05, 4.69) is 44.5 Å². The van der Waals surface area contributed by atoms with Crippen molar-refractivity contribution >= 4 is 6.08 Å². The first-order chi connectivity index (χ1) is 13.3. The molecule has 0 spiro atoms. The Labute approximate surface area is 155 Å². The maximum atomic E-state index is 14.0. The van der Waals surface area contributed by atoms with E-state index in [-0.39, 0.29) is 5.82 Å². The van der Waals surface area contributed by atoms with Crippen LogP contribution in [0, 0.1) is 5.82 Å². The van der Waals surface area contributed by atoms with Gasteiger partial charge in [-0.15, -0.1) is 0 Å². The highest BCUT2D eigenvalue weighted by Gasteiger charge is 2.37. The van der Waals surface area contributed by atoms with Crippen LogP contribution in [-0.4, -0.2) is 20.2 Å². The van der Waals surface area contributed by atoms with Crippen LogP contribution < -0.4 is 0 Å². The molecular formula is C22H17FN4. The number of rotatable bonds is 3. The largest absolute Gasteiger partial charge is 0.343 e. The number of allylic oxidation sites excluding steroid dienone is 1. The number of hydrogen-bond acceptors (Lipinski definition) is 2. The molecule has 0 amide bonds. The van der Waals surface area contributed by atoms with Gasteiger partial charge in [0.25, 0.3) is 0 Å². The fourth-order valence-electron chi connectivity index (χ4n) is 3.90. The fraction of sp³-hybridized carbons (Fsp3) is 0.0909. The summed E-state index contributed by atoms with van der Waals surface area (Å²) in [5.41, 5.74) is 4.41. The average molecular weight is 356 g/mol. The predicted molar refractivity (Wildman–Crippen MR) is 103 cm³/mol. The van der Waals surface area contributed by atoms with Gasteiger partial charge in [0, 0.05) is 35.5 Å². The molecule has 5 heteroatoms. The maximum absolute atomic E-state index is 14.0. The molecule has 1 unspecified atom stereocenters. The number of fused-ring (bicyclic) bond motifs is 1. The van der Waals surface area contributed by atoms with E-state index in [1.165, 1.54) is 6.07 Å². The number of aromatic amines is 2. The van der Waals surface area contributed by atoms with Gasteiger partial charge < -0.3 is 4.98 Å². The molecule has 5 rings (SSSR count). The first-order valence-corrected chi connectivity index (χ1v) is 8.84. The van der Waals surface area contributed by atoms with E-state index in [1.54, 1.807) is 24.5 Å². The van der Waals surface area contributed by atoms with Crippen LogP contribution in [0.2, 0.25) is 0 Å². The number of aromatic nitrogens is 4. The quantitative estimate of drug-likeness (QED) is 0.568. The van der Waals surface area contributed by atoms with Gasteiger partial charge in [0.1, 0.15) is 11.5 Å². The van der Waals surface area contributed by atoms with E-state index >= 15 is 0 Å². The maximum Gasteiger partial charge on any atom is 0.158 e. The summed E-state index contributed by atoms with van der Waals surface area (Å²) in [5.74, 6) is 0.498. The highest BCUT2D eigenvalue weighted by Crippen LogP contribution is 2.42. The second kappa shape index (κ2) is 6.06. The molecule has 4 nitrogen and oxygen atoms in total. The monoisotopic (exact) mass is 356 g/mol. The predicted octanol–water partition coefficient (Wildman–Crippen LogP) is 4.49. The standard InChI is InChI=1S/C22H17FN4/c23-17-8-4-7-16(13-17)22(15-5-2-1-3-6-15)10-9-18-19(14-22)26-27-20(18)21-24-11-12-25-21/h1-13H,14H2,(H,24,25)(H,26,27). The zero-order valence-corrected chi connectivity index (χ0v) is 14.5. The number of nitrogens with one attached hydrogen (secondary N) is 2. The van der Waals surface area contributed by atoms with Crippen molar-refractivity contribution in [1.82, 2.24) is 20.2 Å². The fourth-order valence-corrected chi connectivity index (χ4v) is 3.90. The van der Waals surface area contributed by atoms with Crippen LogP contribution in [0.4, 0.5) is 4.39 Å². The zero-order valence-electron chi connectivity index (χ0n) is 14.5. The van der Waals surface area contributed by atoms with Crippen LogP contribution in [0.1, 0.15) is 22.4 Å². The van der Waals surface area contributed by atoms with Gasteiger partial charge in [-0.25, -0.2) is 9.37 Å². The Morgan fingerprint density at radius 1 is 1.00 bits per heavy atom. The highest BCUT2D eigenvalue weighted by molar-refractivity contribution is 5.73. The summed E-state index contributed by atoms with van der Waals surface area (Å²) in [6, 6.07) is 17.0. The third-order valence-corrected chi connectivity index (χ3v) is 5.22. The Morgan fingerprint density at radius 2 is 1.85 bits per heavy atom. The Bertz CT molecular complexity index is 1110. The van der Waals surface area contributed by atoms with E-state index in [9.17, 15) is 4.39 Å². The minimum absolute atomic E-state index is 0.233. The molecule has 132 valence electrons. The molecule has 0 bridgehead atoms. The second-order valence-corrected chi connectivity index (χ2v) is 6.76. The summed E-state index contributed by atoms with van der Waals surface area (Å²) in [5, 5.41) is 7.64. The molecular weight excluding hydrogens is 339 g/mol. The lowest BCUT2D eigenvalue weighted by molar-refractivity contribution is 0.594. The van der Waals surface area contributed by atoms with Gasteiger partial charge in [-0.1, -0.05) is 54.6 Å². The third kappa shape index (κ3) is 2.51. The molecule has 0 saturated heterocycles. The van der Waals surface area contributed by atoms with Crippen molar-refractivity contribution in [3.8, 4) is 11.5 Å². The number of halogens is 1. The summed E-state index contributed by atoms with van der Waals surface area (Å²) in [6.07, 6.45) is 8.38. The van der Waals surface area contributed by atoms with Crippen molar-refractivity contribution < 1.29 is 4.39 Å². The van der Waals surface area contributed by atoms with Crippen molar-refractivity contribution in [1.29, 1.82) is 0 Å². The molecule has 0 fully saturated rings. The van der Waals surface area contributed by atoms with Crippen LogP contribution in [0.5, 0.6) is 0 Å². The van der Waals surface area contributed by atoms with Gasteiger partial charge in [0.05, 0.1) is 0 Å². The molecule has 0 aliphatic heterocycles. The van der Waals surface area contributed by atoms with E-state index in [0.717, 1.165) is 33.9 Å². The number of nitrogens with zero attached hydrogens (tertiary/aromatic N) is 2. The SMILES string of the molecule is Fc1cccc(C2(c3ccccc3)C=Cc3c(-c4ncc[nH]4)n[nH]c3C2)c1. The van der Waals surface area contributed by atoms with Crippen LogP contribution in [0.3, 0.4) is 0 Å². The highest BCUT2D eigenvalue weighted by atomic mass is 19.1. The second-order valence-electron chi connectivity index (χ2n) is 6.76. The van der Waals surface area contributed by atoms with Gasteiger partial charge in [-0.05, 0) is 23.3 Å². The molecule has 4 aromatic rings. The number of benzene rings is 2. The van der Waals surface area contributed by atoms with Crippen molar-refractivity contribution in [2.45, 2.75) is 11.8 Å². The Morgan fingerprint density at radius 3 is 2.63 bits per heavy atom. The molecule has 0 radical (unpaired) electrons. The van der Waals surface area contributed by atoms with Gasteiger partial charge in [-0.3, -0.25) is 5.10 Å². The first-order valence-electron chi connectivity index (χ1n) is 8.84. The number of hydrogen-bond donors (Lipinski definition) is 2.